The zero-order valence-electron chi connectivity index (χ0n) is 10.6. The summed E-state index contributed by atoms with van der Waals surface area (Å²) in [6.07, 6.45) is 4.62. The Labute approximate surface area is 111 Å². The van der Waals surface area contributed by atoms with Gasteiger partial charge >= 0.3 is 0 Å². The van der Waals surface area contributed by atoms with Crippen molar-refractivity contribution in [3.8, 4) is 5.75 Å². The first-order chi connectivity index (χ1) is 9.29. The normalized spacial score (nSPS) is 10.6. The molecule has 1 amide bonds. The third-order valence-electron chi connectivity index (χ3n) is 2.59. The first kappa shape index (κ1) is 13.0. The molecule has 98 valence electrons. The predicted octanol–water partition coefficient (Wildman–Crippen LogP) is 2.62. The number of methoxy groups -OCH3 is 1. The summed E-state index contributed by atoms with van der Waals surface area (Å²) < 4.78 is 10.3. The quantitative estimate of drug-likeness (QED) is 0.838. The molecule has 0 unspecified atom stereocenters. The van der Waals surface area contributed by atoms with Gasteiger partial charge in [0.25, 0.3) is 0 Å². The van der Waals surface area contributed by atoms with Gasteiger partial charge in [-0.1, -0.05) is 18.2 Å². The minimum absolute atomic E-state index is 0.178. The lowest BCUT2D eigenvalue weighted by Crippen LogP contribution is -2.20. The molecule has 1 N–H and O–H groups in total. The number of ether oxygens (including phenoxy) is 1. The Bertz CT molecular complexity index is 559. The Morgan fingerprint density at radius 1 is 1.32 bits per heavy atom. The van der Waals surface area contributed by atoms with Crippen LogP contribution in [-0.2, 0) is 11.3 Å². The Balaban J connectivity index is 1.90. The second kappa shape index (κ2) is 6.44. The monoisotopic (exact) mass is 257 g/mol. The van der Waals surface area contributed by atoms with Crippen molar-refractivity contribution in [2.24, 2.45) is 0 Å². The minimum atomic E-state index is -0.178. The van der Waals surface area contributed by atoms with Gasteiger partial charge in [-0.25, -0.2) is 0 Å². The Morgan fingerprint density at radius 3 is 2.89 bits per heavy atom. The zero-order chi connectivity index (χ0) is 13.5. The molecule has 0 radical (unpaired) electrons. The van der Waals surface area contributed by atoms with Crippen molar-refractivity contribution < 1.29 is 13.9 Å². The maximum atomic E-state index is 11.6. The predicted molar refractivity (Wildman–Crippen MR) is 72.6 cm³/mol. The van der Waals surface area contributed by atoms with Crippen LogP contribution in [0, 0.1) is 0 Å². The van der Waals surface area contributed by atoms with Crippen molar-refractivity contribution in [2.75, 3.05) is 7.11 Å². The highest BCUT2D eigenvalue weighted by atomic mass is 16.5. The Kier molecular flexibility index (Phi) is 4.39. The molecular weight excluding hydrogens is 242 g/mol. The lowest BCUT2D eigenvalue weighted by atomic mass is 10.2. The van der Waals surface area contributed by atoms with Crippen LogP contribution in [-0.4, -0.2) is 13.0 Å². The molecule has 0 saturated carbocycles. The number of benzene rings is 1. The van der Waals surface area contributed by atoms with Crippen LogP contribution >= 0.6 is 0 Å². The van der Waals surface area contributed by atoms with Crippen LogP contribution in [0.3, 0.4) is 0 Å². The molecule has 0 fully saturated rings. The number of para-hydroxylation sites is 1. The van der Waals surface area contributed by atoms with E-state index >= 15 is 0 Å². The van der Waals surface area contributed by atoms with Crippen molar-refractivity contribution in [1.82, 2.24) is 5.32 Å². The summed E-state index contributed by atoms with van der Waals surface area (Å²) in [6, 6.07) is 11.1. The minimum Gasteiger partial charge on any atom is -0.496 e. The molecular formula is C15H15NO3. The molecule has 0 saturated heterocycles. The maximum absolute atomic E-state index is 11.6. The molecule has 19 heavy (non-hydrogen) atoms. The number of amides is 1. The van der Waals surface area contributed by atoms with Gasteiger partial charge in [0.15, 0.2) is 0 Å². The van der Waals surface area contributed by atoms with Crippen LogP contribution in [0.25, 0.3) is 6.08 Å². The van der Waals surface area contributed by atoms with Gasteiger partial charge in [0.2, 0.25) is 5.91 Å². The van der Waals surface area contributed by atoms with Crippen LogP contribution in [0.4, 0.5) is 0 Å². The number of nitrogens with one attached hydrogen (secondary N) is 1. The second-order valence-corrected chi connectivity index (χ2v) is 3.88. The highest BCUT2D eigenvalue weighted by Crippen LogP contribution is 2.16. The molecule has 0 aliphatic heterocycles. The number of carbonyl (C=O) groups excluding carboxylic acids is 1. The van der Waals surface area contributed by atoms with Crippen molar-refractivity contribution in [3.63, 3.8) is 0 Å². The van der Waals surface area contributed by atoms with Crippen LogP contribution in [0.2, 0.25) is 0 Å². The van der Waals surface area contributed by atoms with Gasteiger partial charge in [-0.3, -0.25) is 4.79 Å². The van der Waals surface area contributed by atoms with E-state index in [1.54, 1.807) is 31.6 Å². The van der Waals surface area contributed by atoms with Gasteiger partial charge in [0.1, 0.15) is 11.5 Å². The molecule has 0 atom stereocenters. The second-order valence-electron chi connectivity index (χ2n) is 3.88. The van der Waals surface area contributed by atoms with E-state index in [2.05, 4.69) is 5.32 Å². The third-order valence-corrected chi connectivity index (χ3v) is 2.59. The molecule has 0 bridgehead atoms. The zero-order valence-corrected chi connectivity index (χ0v) is 10.6. The van der Waals surface area contributed by atoms with Gasteiger partial charge in [0, 0.05) is 18.2 Å². The molecule has 1 aromatic heterocycles. The summed E-state index contributed by atoms with van der Waals surface area (Å²) in [5, 5.41) is 2.79. The van der Waals surface area contributed by atoms with Gasteiger partial charge in [-0.2, -0.15) is 0 Å². The van der Waals surface area contributed by atoms with E-state index < -0.39 is 0 Å². The van der Waals surface area contributed by atoms with Gasteiger partial charge < -0.3 is 14.5 Å². The number of carbonyl (C=O) groups is 1. The van der Waals surface area contributed by atoms with Gasteiger partial charge in [0.05, 0.1) is 13.4 Å². The van der Waals surface area contributed by atoms with Gasteiger partial charge in [-0.15, -0.1) is 0 Å². The first-order valence-corrected chi connectivity index (χ1v) is 5.91. The SMILES string of the molecule is COc1ccccc1CNC(=O)/C=C/c1ccco1. The summed E-state index contributed by atoms with van der Waals surface area (Å²) >= 11 is 0. The van der Waals surface area contributed by atoms with Crippen LogP contribution < -0.4 is 10.1 Å². The lowest BCUT2D eigenvalue weighted by molar-refractivity contribution is -0.116. The molecule has 1 aromatic carbocycles. The summed E-state index contributed by atoms with van der Waals surface area (Å²) in [5.41, 5.74) is 0.935. The van der Waals surface area contributed by atoms with E-state index in [-0.39, 0.29) is 5.91 Å². The fourth-order valence-electron chi connectivity index (χ4n) is 1.63. The van der Waals surface area contributed by atoms with Crippen LogP contribution in [0.15, 0.2) is 53.2 Å². The molecule has 0 aliphatic rings. The van der Waals surface area contributed by atoms with E-state index in [4.69, 9.17) is 9.15 Å². The molecule has 4 nitrogen and oxygen atoms in total. The van der Waals surface area contributed by atoms with Crippen molar-refractivity contribution in [2.45, 2.75) is 6.54 Å². The maximum Gasteiger partial charge on any atom is 0.244 e. The third kappa shape index (κ3) is 3.74. The Hall–Kier alpha value is -2.49. The fraction of sp³-hybridized carbons (Fsp3) is 0.133. The summed E-state index contributed by atoms with van der Waals surface area (Å²) in [7, 11) is 1.61. The van der Waals surface area contributed by atoms with Crippen LogP contribution in [0.1, 0.15) is 11.3 Å². The summed E-state index contributed by atoms with van der Waals surface area (Å²) in [5.74, 6) is 1.23. The van der Waals surface area contributed by atoms with Gasteiger partial charge in [-0.05, 0) is 24.3 Å². The number of rotatable bonds is 5. The topological polar surface area (TPSA) is 51.5 Å². The number of hydrogen-bond acceptors (Lipinski definition) is 3. The summed E-state index contributed by atoms with van der Waals surface area (Å²) in [4.78, 5) is 11.6. The molecule has 0 spiro atoms. The molecule has 2 rings (SSSR count). The number of hydrogen-bond donors (Lipinski definition) is 1. The molecule has 0 aliphatic carbocycles. The average Bonchev–Trinajstić information content (AvgIpc) is 2.96. The average molecular weight is 257 g/mol. The standard InChI is InChI=1S/C15H15NO3/c1-18-14-7-3-2-5-12(14)11-16-15(17)9-8-13-6-4-10-19-13/h2-10H,11H2,1H3,(H,16,17)/b9-8+. The van der Waals surface area contributed by atoms with E-state index in [9.17, 15) is 4.79 Å². The first-order valence-electron chi connectivity index (χ1n) is 5.91. The van der Waals surface area contributed by atoms with Crippen LogP contribution in [0.5, 0.6) is 5.75 Å². The summed E-state index contributed by atoms with van der Waals surface area (Å²) in [6.45, 7) is 0.422. The van der Waals surface area contributed by atoms with Crippen molar-refractivity contribution in [1.29, 1.82) is 0 Å². The molecule has 2 aromatic rings. The Morgan fingerprint density at radius 2 is 2.16 bits per heavy atom. The van der Waals surface area contributed by atoms with E-state index in [1.165, 1.54) is 6.08 Å². The van der Waals surface area contributed by atoms with Crippen molar-refractivity contribution in [3.05, 3.63) is 60.1 Å². The highest BCUT2D eigenvalue weighted by Gasteiger charge is 2.02. The van der Waals surface area contributed by atoms with Crippen molar-refractivity contribution >= 4 is 12.0 Å². The van der Waals surface area contributed by atoms with E-state index in [1.807, 2.05) is 24.3 Å². The number of furan rings is 1. The largest absolute Gasteiger partial charge is 0.496 e. The van der Waals surface area contributed by atoms with E-state index in [0.717, 1.165) is 11.3 Å². The fourth-order valence-corrected chi connectivity index (χ4v) is 1.63. The van der Waals surface area contributed by atoms with E-state index in [0.29, 0.717) is 12.3 Å². The lowest BCUT2D eigenvalue weighted by Gasteiger charge is -2.08. The molecule has 4 heteroatoms. The highest BCUT2D eigenvalue weighted by molar-refractivity contribution is 5.91. The molecule has 1 heterocycles. The smallest absolute Gasteiger partial charge is 0.244 e.